The second-order valence-electron chi connectivity index (χ2n) is 4.46. The van der Waals surface area contributed by atoms with E-state index in [0.29, 0.717) is 19.8 Å². The average molecular weight is 371 g/mol. The molecule has 0 radical (unpaired) electrons. The topological polar surface area (TPSA) is 30.5 Å². The lowest BCUT2D eigenvalue weighted by Crippen LogP contribution is -2.05. The number of methoxy groups -OCH3 is 1. The molecule has 112 valence electrons. The van der Waals surface area contributed by atoms with Crippen molar-refractivity contribution in [1.29, 1.82) is 0 Å². The number of hydrogen-bond acceptors (Lipinski definition) is 3. The minimum absolute atomic E-state index is 0.540. The molecule has 0 heterocycles. The van der Waals surface area contributed by atoms with Crippen molar-refractivity contribution in [2.24, 2.45) is 0 Å². The molecule has 0 atom stereocenters. The van der Waals surface area contributed by atoms with Crippen LogP contribution >= 0.6 is 27.5 Å². The molecule has 0 aromatic heterocycles. The van der Waals surface area contributed by atoms with Gasteiger partial charge in [0.25, 0.3) is 0 Å². The smallest absolute Gasteiger partial charge is 0.121 e. The highest BCUT2D eigenvalue weighted by Gasteiger charge is 2.02. The molecule has 0 bridgehead atoms. The molecule has 2 aromatic carbocycles. The fourth-order valence-electron chi connectivity index (χ4n) is 1.80. The Hall–Kier alpha value is -1.23. The van der Waals surface area contributed by atoms with Gasteiger partial charge < -0.3 is 14.8 Å². The van der Waals surface area contributed by atoms with E-state index in [-0.39, 0.29) is 0 Å². The Kier molecular flexibility index (Phi) is 6.36. The summed E-state index contributed by atoms with van der Waals surface area (Å²) in [7, 11) is 1.66. The zero-order chi connectivity index (χ0) is 15.1. The molecule has 21 heavy (non-hydrogen) atoms. The van der Waals surface area contributed by atoms with Crippen molar-refractivity contribution >= 4 is 33.2 Å². The van der Waals surface area contributed by atoms with Gasteiger partial charge in [-0.3, -0.25) is 0 Å². The Morgan fingerprint density at radius 2 is 2.00 bits per heavy atom. The van der Waals surface area contributed by atoms with Crippen LogP contribution in [0.5, 0.6) is 5.75 Å². The van der Waals surface area contributed by atoms with E-state index in [9.17, 15) is 0 Å². The second-order valence-corrected chi connectivity index (χ2v) is 5.78. The Morgan fingerprint density at radius 3 is 2.76 bits per heavy atom. The van der Waals surface area contributed by atoms with Crippen molar-refractivity contribution in [2.45, 2.75) is 6.54 Å². The molecule has 0 fully saturated rings. The van der Waals surface area contributed by atoms with Crippen LogP contribution in [0, 0.1) is 0 Å². The maximum atomic E-state index is 6.20. The lowest BCUT2D eigenvalue weighted by molar-refractivity contribution is 0.146. The number of rotatable bonds is 7. The number of nitrogens with one attached hydrogen (secondary N) is 1. The van der Waals surface area contributed by atoms with Gasteiger partial charge in [-0.05, 0) is 29.8 Å². The molecule has 1 N–H and O–H groups in total. The predicted octanol–water partition coefficient (Wildman–Crippen LogP) is 4.74. The van der Waals surface area contributed by atoms with Gasteiger partial charge in [0.15, 0.2) is 0 Å². The number of halogens is 2. The van der Waals surface area contributed by atoms with Crippen LogP contribution in [-0.4, -0.2) is 20.3 Å². The molecule has 3 nitrogen and oxygen atoms in total. The van der Waals surface area contributed by atoms with Gasteiger partial charge in [0, 0.05) is 34.9 Å². The van der Waals surface area contributed by atoms with Gasteiger partial charge in [0.05, 0.1) is 6.61 Å². The molecular formula is C16H17BrClNO2. The molecule has 0 unspecified atom stereocenters. The molecule has 2 aromatic rings. The first kappa shape index (κ1) is 16.1. The van der Waals surface area contributed by atoms with Crippen LogP contribution in [0.1, 0.15) is 5.56 Å². The zero-order valence-electron chi connectivity index (χ0n) is 11.7. The highest BCUT2D eigenvalue weighted by molar-refractivity contribution is 9.10. The molecular weight excluding hydrogens is 354 g/mol. The molecule has 2 rings (SSSR count). The van der Waals surface area contributed by atoms with Crippen LogP contribution in [0.15, 0.2) is 46.9 Å². The Labute approximate surface area is 138 Å². The van der Waals surface area contributed by atoms with Gasteiger partial charge in [-0.2, -0.15) is 0 Å². The molecule has 0 aliphatic heterocycles. The van der Waals surface area contributed by atoms with Crippen LogP contribution in [0.25, 0.3) is 0 Å². The largest absolute Gasteiger partial charge is 0.491 e. The van der Waals surface area contributed by atoms with Crippen molar-refractivity contribution < 1.29 is 9.47 Å². The molecule has 0 aliphatic carbocycles. The van der Waals surface area contributed by atoms with Crippen molar-refractivity contribution in [3.63, 3.8) is 0 Å². The molecule has 0 spiro atoms. The summed E-state index contributed by atoms with van der Waals surface area (Å²) < 4.78 is 11.5. The van der Waals surface area contributed by atoms with Crippen molar-refractivity contribution in [3.05, 3.63) is 57.5 Å². The highest BCUT2D eigenvalue weighted by Crippen LogP contribution is 2.23. The number of benzene rings is 2. The van der Waals surface area contributed by atoms with E-state index in [4.69, 9.17) is 21.1 Å². The molecule has 0 saturated heterocycles. The molecule has 0 saturated carbocycles. The summed E-state index contributed by atoms with van der Waals surface area (Å²) in [6.45, 7) is 1.78. The first-order valence-electron chi connectivity index (χ1n) is 6.58. The van der Waals surface area contributed by atoms with Gasteiger partial charge in [-0.15, -0.1) is 0 Å². The van der Waals surface area contributed by atoms with Gasteiger partial charge in [-0.1, -0.05) is 39.7 Å². The minimum Gasteiger partial charge on any atom is -0.491 e. The average Bonchev–Trinajstić information content (AvgIpc) is 2.47. The van der Waals surface area contributed by atoms with Crippen molar-refractivity contribution in [3.8, 4) is 5.75 Å². The summed E-state index contributed by atoms with van der Waals surface area (Å²) in [5.41, 5.74) is 2.04. The van der Waals surface area contributed by atoms with E-state index in [2.05, 4.69) is 21.2 Å². The van der Waals surface area contributed by atoms with Gasteiger partial charge in [0.2, 0.25) is 0 Å². The monoisotopic (exact) mass is 369 g/mol. The Balaban J connectivity index is 1.95. The van der Waals surface area contributed by atoms with E-state index < -0.39 is 0 Å². The lowest BCUT2D eigenvalue weighted by Gasteiger charge is -2.11. The van der Waals surface area contributed by atoms with Crippen LogP contribution in [-0.2, 0) is 11.3 Å². The van der Waals surface area contributed by atoms with E-state index >= 15 is 0 Å². The van der Waals surface area contributed by atoms with Crippen molar-refractivity contribution in [2.75, 3.05) is 25.6 Å². The molecule has 0 aliphatic rings. The van der Waals surface area contributed by atoms with E-state index in [1.807, 2.05) is 42.5 Å². The van der Waals surface area contributed by atoms with Crippen molar-refractivity contribution in [1.82, 2.24) is 0 Å². The van der Waals surface area contributed by atoms with Gasteiger partial charge in [0.1, 0.15) is 12.4 Å². The molecule has 0 amide bonds. The number of hydrogen-bond donors (Lipinski definition) is 1. The number of anilines is 1. The van der Waals surface area contributed by atoms with Gasteiger partial charge in [-0.25, -0.2) is 0 Å². The summed E-state index contributed by atoms with van der Waals surface area (Å²) >= 11 is 9.60. The standard InChI is InChI=1S/C16H17BrClNO2/c1-20-7-8-21-15-4-2-3-14(10-15)19-11-12-5-6-13(17)9-16(12)18/h2-6,9-10,19H,7-8,11H2,1H3. The van der Waals surface area contributed by atoms with E-state index in [0.717, 1.165) is 26.5 Å². The first-order valence-corrected chi connectivity index (χ1v) is 7.76. The fraction of sp³-hybridized carbons (Fsp3) is 0.250. The zero-order valence-corrected chi connectivity index (χ0v) is 14.1. The maximum Gasteiger partial charge on any atom is 0.121 e. The third-order valence-corrected chi connectivity index (χ3v) is 3.73. The summed E-state index contributed by atoms with van der Waals surface area (Å²) in [4.78, 5) is 0. The SMILES string of the molecule is COCCOc1cccc(NCc2ccc(Br)cc2Cl)c1. The maximum absolute atomic E-state index is 6.20. The molecule has 5 heteroatoms. The third kappa shape index (κ3) is 5.23. The first-order chi connectivity index (χ1) is 10.2. The van der Waals surface area contributed by atoms with Crippen LogP contribution in [0.4, 0.5) is 5.69 Å². The fourth-order valence-corrected chi connectivity index (χ4v) is 2.54. The summed E-state index contributed by atoms with van der Waals surface area (Å²) in [5.74, 6) is 0.818. The van der Waals surface area contributed by atoms with Crippen LogP contribution in [0.2, 0.25) is 5.02 Å². The van der Waals surface area contributed by atoms with Crippen LogP contribution < -0.4 is 10.1 Å². The highest BCUT2D eigenvalue weighted by atomic mass is 79.9. The Morgan fingerprint density at radius 1 is 1.14 bits per heavy atom. The third-order valence-electron chi connectivity index (χ3n) is 2.89. The van der Waals surface area contributed by atoms with Crippen LogP contribution in [0.3, 0.4) is 0 Å². The lowest BCUT2D eigenvalue weighted by atomic mass is 10.2. The Bertz CT molecular complexity index is 592. The summed E-state index contributed by atoms with van der Waals surface area (Å²) in [6.07, 6.45) is 0. The van der Waals surface area contributed by atoms with Gasteiger partial charge >= 0.3 is 0 Å². The number of ether oxygens (including phenoxy) is 2. The van der Waals surface area contributed by atoms with E-state index in [1.54, 1.807) is 7.11 Å². The quantitative estimate of drug-likeness (QED) is 0.714. The van der Waals surface area contributed by atoms with E-state index in [1.165, 1.54) is 0 Å². The second kappa shape index (κ2) is 8.27. The normalized spacial score (nSPS) is 10.4. The predicted molar refractivity (Wildman–Crippen MR) is 90.3 cm³/mol. The summed E-state index contributed by atoms with van der Waals surface area (Å²) in [6, 6.07) is 13.7. The summed E-state index contributed by atoms with van der Waals surface area (Å²) in [5, 5.41) is 4.08. The minimum atomic E-state index is 0.540.